The number of methoxy groups -OCH3 is 1. The van der Waals surface area contributed by atoms with E-state index in [2.05, 4.69) is 0 Å². The summed E-state index contributed by atoms with van der Waals surface area (Å²) < 4.78 is 11.4. The summed E-state index contributed by atoms with van der Waals surface area (Å²) >= 11 is 0. The highest BCUT2D eigenvalue weighted by atomic mass is 16.5. The number of amides is 1. The van der Waals surface area contributed by atoms with E-state index in [9.17, 15) is 14.7 Å². The van der Waals surface area contributed by atoms with Gasteiger partial charge in [-0.3, -0.25) is 4.79 Å². The summed E-state index contributed by atoms with van der Waals surface area (Å²) in [6.07, 6.45) is 6.17. The largest absolute Gasteiger partial charge is 0.493 e. The molecule has 136 valence electrons. The van der Waals surface area contributed by atoms with Crippen LogP contribution in [0.5, 0.6) is 11.5 Å². The van der Waals surface area contributed by atoms with Gasteiger partial charge in [0.1, 0.15) is 6.04 Å². The van der Waals surface area contributed by atoms with Crippen LogP contribution in [-0.2, 0) is 4.79 Å². The van der Waals surface area contributed by atoms with Gasteiger partial charge >= 0.3 is 5.97 Å². The van der Waals surface area contributed by atoms with Crippen molar-refractivity contribution in [3.8, 4) is 11.5 Å². The van der Waals surface area contributed by atoms with Crippen molar-refractivity contribution in [2.45, 2.75) is 63.6 Å². The van der Waals surface area contributed by atoms with Crippen molar-refractivity contribution in [3.05, 3.63) is 23.8 Å². The number of carboxylic acids is 1. The molecule has 0 bridgehead atoms. The summed E-state index contributed by atoms with van der Waals surface area (Å²) in [4.78, 5) is 25.8. The first kappa shape index (κ1) is 17.6. The Labute approximate surface area is 147 Å². The van der Waals surface area contributed by atoms with Gasteiger partial charge in [0.05, 0.1) is 13.2 Å². The van der Waals surface area contributed by atoms with Gasteiger partial charge in [0, 0.05) is 11.6 Å². The van der Waals surface area contributed by atoms with E-state index < -0.39 is 12.0 Å². The van der Waals surface area contributed by atoms with Gasteiger partial charge in [-0.25, -0.2) is 4.79 Å². The zero-order chi connectivity index (χ0) is 18.0. The van der Waals surface area contributed by atoms with Crippen LogP contribution in [0.2, 0.25) is 0 Å². The molecule has 0 radical (unpaired) electrons. The maximum absolute atomic E-state index is 12.9. The minimum Gasteiger partial charge on any atom is -0.493 e. The van der Waals surface area contributed by atoms with Crippen molar-refractivity contribution in [2.24, 2.45) is 0 Å². The van der Waals surface area contributed by atoms with E-state index in [1.807, 2.05) is 0 Å². The van der Waals surface area contributed by atoms with Crippen LogP contribution >= 0.6 is 0 Å². The fraction of sp³-hybridized carbons (Fsp3) is 0.579. The van der Waals surface area contributed by atoms with Crippen molar-refractivity contribution in [3.63, 3.8) is 0 Å². The highest BCUT2D eigenvalue weighted by molar-refractivity contribution is 5.97. The third-order valence-electron chi connectivity index (χ3n) is 4.96. The van der Waals surface area contributed by atoms with Crippen LogP contribution in [0, 0.1) is 0 Å². The van der Waals surface area contributed by atoms with E-state index in [0.29, 0.717) is 17.1 Å². The van der Waals surface area contributed by atoms with Crippen LogP contribution in [0.25, 0.3) is 0 Å². The molecule has 1 aromatic carbocycles. The molecule has 2 saturated carbocycles. The Morgan fingerprint density at radius 2 is 1.84 bits per heavy atom. The lowest BCUT2D eigenvalue weighted by atomic mass is 10.1. The Balaban J connectivity index is 1.84. The highest BCUT2D eigenvalue weighted by Crippen LogP contribution is 2.35. The van der Waals surface area contributed by atoms with Crippen LogP contribution in [0.4, 0.5) is 0 Å². The maximum Gasteiger partial charge on any atom is 0.326 e. The van der Waals surface area contributed by atoms with E-state index in [4.69, 9.17) is 9.47 Å². The fourth-order valence-corrected chi connectivity index (χ4v) is 3.37. The predicted octanol–water partition coefficient (Wildman–Crippen LogP) is 3.09. The van der Waals surface area contributed by atoms with E-state index in [-0.39, 0.29) is 18.1 Å². The number of ether oxygens (including phenoxy) is 2. The number of carbonyl (C=O) groups excluding carboxylic acids is 1. The first-order valence-corrected chi connectivity index (χ1v) is 8.91. The van der Waals surface area contributed by atoms with Gasteiger partial charge in [0.2, 0.25) is 0 Å². The number of aliphatic carboxylic acids is 1. The zero-order valence-electron chi connectivity index (χ0n) is 14.7. The quantitative estimate of drug-likeness (QED) is 0.820. The summed E-state index contributed by atoms with van der Waals surface area (Å²) in [6.45, 7) is 1.55. The number of nitrogens with zero attached hydrogens (tertiary/aromatic N) is 1. The molecule has 1 N–H and O–H groups in total. The van der Waals surface area contributed by atoms with Crippen molar-refractivity contribution in [1.29, 1.82) is 0 Å². The number of rotatable bonds is 7. The lowest BCUT2D eigenvalue weighted by Crippen LogP contribution is -2.44. The van der Waals surface area contributed by atoms with Crippen molar-refractivity contribution in [1.82, 2.24) is 4.90 Å². The van der Waals surface area contributed by atoms with Gasteiger partial charge in [-0.15, -0.1) is 0 Å². The minimum atomic E-state index is -0.990. The number of carboxylic acid groups (broad SMARTS) is 1. The topological polar surface area (TPSA) is 76.1 Å². The Morgan fingerprint density at radius 1 is 1.16 bits per heavy atom. The predicted molar refractivity (Wildman–Crippen MR) is 92.2 cm³/mol. The molecule has 6 heteroatoms. The molecule has 0 aromatic heterocycles. The van der Waals surface area contributed by atoms with E-state index in [0.717, 1.165) is 38.5 Å². The van der Waals surface area contributed by atoms with Gasteiger partial charge in [-0.1, -0.05) is 0 Å². The number of carbonyl (C=O) groups is 2. The second-order valence-corrected chi connectivity index (χ2v) is 6.85. The molecule has 2 fully saturated rings. The third kappa shape index (κ3) is 3.89. The highest BCUT2D eigenvalue weighted by Gasteiger charge is 2.39. The van der Waals surface area contributed by atoms with Crippen molar-refractivity contribution >= 4 is 11.9 Å². The Kier molecular flexibility index (Phi) is 5.16. The second kappa shape index (κ2) is 7.33. The van der Waals surface area contributed by atoms with Gasteiger partial charge < -0.3 is 19.5 Å². The molecule has 1 atom stereocenters. The lowest BCUT2D eigenvalue weighted by molar-refractivity contribution is -0.141. The molecular formula is C19H25NO5. The first-order chi connectivity index (χ1) is 12.0. The normalized spacial score (nSPS) is 18.6. The Bertz CT molecular complexity index is 649. The molecule has 1 amide bonds. The van der Waals surface area contributed by atoms with Crippen LogP contribution in [0.1, 0.15) is 55.8 Å². The molecule has 6 nitrogen and oxygen atoms in total. The molecule has 2 aliphatic carbocycles. The summed E-state index contributed by atoms with van der Waals surface area (Å²) in [6, 6.07) is 4.24. The summed E-state index contributed by atoms with van der Waals surface area (Å²) in [5.74, 6) is -0.112. The molecule has 1 aromatic rings. The Morgan fingerprint density at radius 3 is 2.40 bits per heavy atom. The van der Waals surface area contributed by atoms with E-state index >= 15 is 0 Å². The second-order valence-electron chi connectivity index (χ2n) is 6.85. The third-order valence-corrected chi connectivity index (χ3v) is 4.96. The molecule has 2 aliphatic rings. The monoisotopic (exact) mass is 347 g/mol. The fourth-order valence-electron chi connectivity index (χ4n) is 3.37. The zero-order valence-corrected chi connectivity index (χ0v) is 14.7. The standard InChI is InChI=1S/C19H25NO5/c1-12(19(22)23)20(14-8-9-14)18(21)13-7-10-16(24-2)17(11-13)25-15-5-3-4-6-15/h7,10-12,14-15H,3-6,8-9H2,1-2H3,(H,22,23). The summed E-state index contributed by atoms with van der Waals surface area (Å²) in [5.41, 5.74) is 0.439. The molecule has 0 aliphatic heterocycles. The van der Waals surface area contributed by atoms with Crippen LogP contribution in [-0.4, -0.2) is 47.2 Å². The molecule has 3 rings (SSSR count). The van der Waals surface area contributed by atoms with Crippen LogP contribution in [0.15, 0.2) is 18.2 Å². The van der Waals surface area contributed by atoms with Crippen molar-refractivity contribution in [2.75, 3.05) is 7.11 Å². The average molecular weight is 347 g/mol. The number of benzene rings is 1. The minimum absolute atomic E-state index is 0.0138. The summed E-state index contributed by atoms with van der Waals surface area (Å²) in [5, 5.41) is 9.31. The van der Waals surface area contributed by atoms with Crippen molar-refractivity contribution < 1.29 is 24.2 Å². The molecule has 0 spiro atoms. The number of hydrogen-bond acceptors (Lipinski definition) is 4. The molecule has 0 saturated heterocycles. The van der Waals surface area contributed by atoms with E-state index in [1.165, 1.54) is 4.90 Å². The SMILES string of the molecule is COc1ccc(C(=O)N(C2CC2)C(C)C(=O)O)cc1OC1CCCC1. The average Bonchev–Trinajstić information content (AvgIpc) is 3.30. The Hall–Kier alpha value is -2.24. The molecule has 0 heterocycles. The molecule has 25 heavy (non-hydrogen) atoms. The number of hydrogen-bond donors (Lipinski definition) is 1. The summed E-state index contributed by atoms with van der Waals surface area (Å²) in [7, 11) is 1.57. The van der Waals surface area contributed by atoms with E-state index in [1.54, 1.807) is 32.2 Å². The van der Waals surface area contributed by atoms with Crippen LogP contribution in [0.3, 0.4) is 0 Å². The molecule has 1 unspecified atom stereocenters. The first-order valence-electron chi connectivity index (χ1n) is 8.91. The van der Waals surface area contributed by atoms with Gasteiger partial charge in [-0.2, -0.15) is 0 Å². The van der Waals surface area contributed by atoms with Gasteiger partial charge in [-0.05, 0) is 63.6 Å². The van der Waals surface area contributed by atoms with Gasteiger partial charge in [0.15, 0.2) is 11.5 Å². The molecular weight excluding hydrogens is 322 g/mol. The van der Waals surface area contributed by atoms with Crippen LogP contribution < -0.4 is 9.47 Å². The lowest BCUT2D eigenvalue weighted by Gasteiger charge is -2.27. The maximum atomic E-state index is 12.9. The smallest absolute Gasteiger partial charge is 0.326 e. The van der Waals surface area contributed by atoms with Gasteiger partial charge in [0.25, 0.3) is 5.91 Å².